The monoisotopic (exact) mass is 382 g/mol. The molecule has 0 heteroatoms. The minimum absolute atomic E-state index is 0.903. The van der Waals surface area contributed by atoms with Crippen LogP contribution in [0.1, 0.15) is 60.9 Å². The van der Waals surface area contributed by atoms with Gasteiger partial charge in [-0.15, -0.1) is 0 Å². The van der Waals surface area contributed by atoms with Gasteiger partial charge in [-0.05, 0) is 77.1 Å². The first kappa shape index (κ1) is 21.1. The summed E-state index contributed by atoms with van der Waals surface area (Å²) >= 11 is 0. The van der Waals surface area contributed by atoms with E-state index in [-0.39, 0.29) is 0 Å². The first-order valence-electron chi connectivity index (χ1n) is 11.1. The Balaban J connectivity index is 1.65. The van der Waals surface area contributed by atoms with E-state index >= 15 is 0 Å². The topological polar surface area (TPSA) is 0 Å². The predicted molar refractivity (Wildman–Crippen MR) is 128 cm³/mol. The number of aryl methyl sites for hydroxylation is 3. The molecule has 29 heavy (non-hydrogen) atoms. The number of rotatable bonds is 9. The largest absolute Gasteiger partial charge is 0.0949 e. The van der Waals surface area contributed by atoms with Crippen LogP contribution >= 0.6 is 0 Å². The molecule has 0 saturated carbocycles. The maximum atomic E-state index is 4.36. The van der Waals surface area contributed by atoms with Gasteiger partial charge in [0.15, 0.2) is 0 Å². The maximum absolute atomic E-state index is 4.36. The van der Waals surface area contributed by atoms with Gasteiger partial charge in [-0.1, -0.05) is 100.0 Å². The van der Waals surface area contributed by atoms with Crippen LogP contribution in [0.25, 0.3) is 16.7 Å². The van der Waals surface area contributed by atoms with Crippen LogP contribution in [0.5, 0.6) is 0 Å². The molecule has 0 spiro atoms. The van der Waals surface area contributed by atoms with E-state index in [9.17, 15) is 0 Å². The Kier molecular flexibility index (Phi) is 7.47. The quantitative estimate of drug-likeness (QED) is 0.327. The second-order valence-corrected chi connectivity index (χ2v) is 8.13. The fourth-order valence-electron chi connectivity index (χ4n) is 3.89. The molecule has 0 aromatic heterocycles. The highest BCUT2D eigenvalue weighted by Gasteiger charge is 2.05. The van der Waals surface area contributed by atoms with Crippen molar-refractivity contribution >= 4 is 5.57 Å². The standard InChI is InChI=1S/C29H34/c1-5-7-8-9-26-13-12-25(20-22(26)3)21-23(4)27-16-18-29(19-17-27)28-14-10-24(6-2)11-15-28/h10-20H,4-9,21H2,1-3H3. The number of allylic oxidation sites excluding steroid dienone is 1. The van der Waals surface area contributed by atoms with Crippen LogP contribution in [0, 0.1) is 6.92 Å². The highest BCUT2D eigenvalue weighted by atomic mass is 14.1. The van der Waals surface area contributed by atoms with Crippen LogP contribution in [0.15, 0.2) is 73.3 Å². The Morgan fingerprint density at radius 3 is 1.97 bits per heavy atom. The third kappa shape index (κ3) is 5.70. The number of benzene rings is 3. The molecule has 0 fully saturated rings. The second-order valence-electron chi connectivity index (χ2n) is 8.13. The smallest absolute Gasteiger partial charge is 0.00256 e. The molecule has 0 N–H and O–H groups in total. The summed E-state index contributed by atoms with van der Waals surface area (Å²) in [6, 6.07) is 24.6. The lowest BCUT2D eigenvalue weighted by Gasteiger charge is -2.11. The van der Waals surface area contributed by atoms with E-state index in [2.05, 4.69) is 94.1 Å². The highest BCUT2D eigenvalue weighted by Crippen LogP contribution is 2.25. The van der Waals surface area contributed by atoms with Gasteiger partial charge in [0.25, 0.3) is 0 Å². The van der Waals surface area contributed by atoms with Crippen LogP contribution in [0.3, 0.4) is 0 Å². The SMILES string of the molecule is C=C(Cc1ccc(CCCCC)c(C)c1)c1ccc(-c2ccc(CC)cc2)cc1. The molecule has 0 aliphatic carbocycles. The van der Waals surface area contributed by atoms with Crippen LogP contribution in [0.4, 0.5) is 0 Å². The molecule has 0 aliphatic rings. The molecule has 0 aliphatic heterocycles. The summed E-state index contributed by atoms with van der Waals surface area (Å²) in [6.45, 7) is 11.1. The molecule has 0 nitrogen and oxygen atoms in total. The zero-order valence-corrected chi connectivity index (χ0v) is 18.3. The summed E-state index contributed by atoms with van der Waals surface area (Å²) < 4.78 is 0. The van der Waals surface area contributed by atoms with Crippen molar-refractivity contribution in [3.05, 3.63) is 101 Å². The van der Waals surface area contributed by atoms with E-state index in [1.807, 2.05) is 0 Å². The molecule has 3 rings (SSSR count). The van der Waals surface area contributed by atoms with Crippen LogP contribution < -0.4 is 0 Å². The van der Waals surface area contributed by atoms with Crippen LogP contribution in [-0.4, -0.2) is 0 Å². The lowest BCUT2D eigenvalue weighted by molar-refractivity contribution is 0.715. The van der Waals surface area contributed by atoms with Crippen molar-refractivity contribution in [2.45, 2.75) is 59.3 Å². The zero-order valence-electron chi connectivity index (χ0n) is 18.3. The average Bonchev–Trinajstić information content (AvgIpc) is 2.75. The third-order valence-electron chi connectivity index (χ3n) is 5.86. The van der Waals surface area contributed by atoms with Gasteiger partial charge < -0.3 is 0 Å². The molecule has 0 bridgehead atoms. The second kappa shape index (κ2) is 10.3. The van der Waals surface area contributed by atoms with Gasteiger partial charge in [0.2, 0.25) is 0 Å². The van der Waals surface area contributed by atoms with Crippen molar-refractivity contribution in [1.82, 2.24) is 0 Å². The number of unbranched alkanes of at least 4 members (excludes halogenated alkanes) is 2. The minimum Gasteiger partial charge on any atom is -0.0949 e. The summed E-state index contributed by atoms with van der Waals surface area (Å²) in [5.41, 5.74) is 10.6. The molecule has 0 heterocycles. The van der Waals surface area contributed by atoms with Gasteiger partial charge in [0.05, 0.1) is 0 Å². The van der Waals surface area contributed by atoms with E-state index in [1.54, 1.807) is 0 Å². The molecule has 0 saturated heterocycles. The van der Waals surface area contributed by atoms with Gasteiger partial charge in [0, 0.05) is 0 Å². The number of hydrogen-bond acceptors (Lipinski definition) is 0. The van der Waals surface area contributed by atoms with Crippen molar-refractivity contribution in [3.8, 4) is 11.1 Å². The lowest BCUT2D eigenvalue weighted by atomic mass is 9.94. The molecule has 0 atom stereocenters. The Labute approximate surface area is 177 Å². The van der Waals surface area contributed by atoms with Crippen molar-refractivity contribution < 1.29 is 0 Å². The fourth-order valence-corrected chi connectivity index (χ4v) is 3.89. The summed E-state index contributed by atoms with van der Waals surface area (Å²) in [7, 11) is 0. The maximum Gasteiger partial charge on any atom is -0.00256 e. The average molecular weight is 383 g/mol. The summed E-state index contributed by atoms with van der Waals surface area (Å²) in [5, 5.41) is 0. The van der Waals surface area contributed by atoms with Gasteiger partial charge in [0.1, 0.15) is 0 Å². The van der Waals surface area contributed by atoms with E-state index in [4.69, 9.17) is 0 Å². The molecule has 150 valence electrons. The Morgan fingerprint density at radius 2 is 1.38 bits per heavy atom. The van der Waals surface area contributed by atoms with E-state index < -0.39 is 0 Å². The fraction of sp³-hybridized carbons (Fsp3) is 0.310. The zero-order chi connectivity index (χ0) is 20.6. The first-order chi connectivity index (χ1) is 14.1. The van der Waals surface area contributed by atoms with Gasteiger partial charge >= 0.3 is 0 Å². The Bertz CT molecular complexity index is 927. The molecule has 0 unspecified atom stereocenters. The van der Waals surface area contributed by atoms with E-state index in [0.717, 1.165) is 12.8 Å². The summed E-state index contributed by atoms with van der Waals surface area (Å²) in [6.07, 6.45) is 7.06. The lowest BCUT2D eigenvalue weighted by Crippen LogP contribution is -1.95. The van der Waals surface area contributed by atoms with Crippen LogP contribution in [-0.2, 0) is 19.3 Å². The molecule has 3 aromatic rings. The Hall–Kier alpha value is -2.60. The van der Waals surface area contributed by atoms with E-state index in [1.165, 1.54) is 70.2 Å². The first-order valence-corrected chi connectivity index (χ1v) is 11.1. The normalized spacial score (nSPS) is 10.9. The highest BCUT2D eigenvalue weighted by molar-refractivity contribution is 5.70. The van der Waals surface area contributed by atoms with Crippen LogP contribution in [0.2, 0.25) is 0 Å². The van der Waals surface area contributed by atoms with Crippen molar-refractivity contribution in [1.29, 1.82) is 0 Å². The van der Waals surface area contributed by atoms with Crippen molar-refractivity contribution in [3.63, 3.8) is 0 Å². The van der Waals surface area contributed by atoms with E-state index in [0.29, 0.717) is 0 Å². The summed E-state index contributed by atoms with van der Waals surface area (Å²) in [5.74, 6) is 0. The minimum atomic E-state index is 0.903. The predicted octanol–water partition coefficient (Wildman–Crippen LogP) is 8.21. The molecule has 3 aromatic carbocycles. The number of hydrogen-bond donors (Lipinski definition) is 0. The molecular weight excluding hydrogens is 348 g/mol. The molecule has 0 amide bonds. The third-order valence-corrected chi connectivity index (χ3v) is 5.86. The molecule has 0 radical (unpaired) electrons. The Morgan fingerprint density at radius 1 is 0.759 bits per heavy atom. The van der Waals surface area contributed by atoms with Crippen molar-refractivity contribution in [2.24, 2.45) is 0 Å². The summed E-state index contributed by atoms with van der Waals surface area (Å²) in [4.78, 5) is 0. The van der Waals surface area contributed by atoms with Gasteiger partial charge in [-0.2, -0.15) is 0 Å². The molecular formula is C29H34. The van der Waals surface area contributed by atoms with Gasteiger partial charge in [-0.25, -0.2) is 0 Å². The van der Waals surface area contributed by atoms with Gasteiger partial charge in [-0.3, -0.25) is 0 Å². The van der Waals surface area contributed by atoms with Crippen molar-refractivity contribution in [2.75, 3.05) is 0 Å².